The summed E-state index contributed by atoms with van der Waals surface area (Å²) in [6, 6.07) is 6.58. The molecule has 8 heteroatoms. The highest BCUT2D eigenvalue weighted by Gasteiger charge is 2.19. The van der Waals surface area contributed by atoms with Crippen LogP contribution in [-0.2, 0) is 12.0 Å². The van der Waals surface area contributed by atoms with Crippen molar-refractivity contribution in [1.82, 2.24) is 15.6 Å². The second-order valence-corrected chi connectivity index (χ2v) is 8.05. The highest BCUT2D eigenvalue weighted by Crippen LogP contribution is 2.22. The number of hydrogen-bond acceptors (Lipinski definition) is 4. The van der Waals surface area contributed by atoms with Crippen molar-refractivity contribution in [2.75, 3.05) is 19.3 Å². The zero-order valence-electron chi connectivity index (χ0n) is 16.2. The second-order valence-electron chi connectivity index (χ2n) is 6.88. The molecule has 1 heterocycles. The molecule has 0 saturated carbocycles. The highest BCUT2D eigenvalue weighted by molar-refractivity contribution is 14.0. The number of hydrogen-bond donors (Lipinski definition) is 2. The Labute approximate surface area is 182 Å². The standard InChI is InChI=1S/C19H27FN4OS.HI/c1-19(2,3)16-12-23-17(25-16)13-24-18(21-4)22-10-5-11-26-15-8-6-14(20)7-9-15;/h6-9,12H,5,10-11,13H2,1-4H3,(H2,21,22,24);1H. The number of thioether (sulfide) groups is 1. The minimum atomic E-state index is -0.202. The van der Waals surface area contributed by atoms with E-state index in [4.69, 9.17) is 4.42 Å². The molecule has 0 aliphatic carbocycles. The summed E-state index contributed by atoms with van der Waals surface area (Å²) >= 11 is 1.71. The first-order chi connectivity index (χ1) is 12.4. The number of rotatable bonds is 7. The Morgan fingerprint density at radius 1 is 1.22 bits per heavy atom. The minimum absolute atomic E-state index is 0. The Bertz CT molecular complexity index is 713. The van der Waals surface area contributed by atoms with E-state index in [1.807, 2.05) is 0 Å². The van der Waals surface area contributed by atoms with E-state index in [-0.39, 0.29) is 35.2 Å². The third kappa shape index (κ3) is 8.50. The summed E-state index contributed by atoms with van der Waals surface area (Å²) < 4.78 is 18.6. The normalized spacial score (nSPS) is 11.8. The van der Waals surface area contributed by atoms with Crippen molar-refractivity contribution in [1.29, 1.82) is 0 Å². The Morgan fingerprint density at radius 2 is 1.93 bits per heavy atom. The van der Waals surface area contributed by atoms with Crippen LogP contribution < -0.4 is 10.6 Å². The number of benzene rings is 1. The van der Waals surface area contributed by atoms with Crippen LogP contribution in [0.15, 0.2) is 44.8 Å². The van der Waals surface area contributed by atoms with Crippen molar-refractivity contribution >= 4 is 41.7 Å². The van der Waals surface area contributed by atoms with Crippen LogP contribution in [0, 0.1) is 5.82 Å². The van der Waals surface area contributed by atoms with Gasteiger partial charge in [0.25, 0.3) is 0 Å². The quantitative estimate of drug-likeness (QED) is 0.189. The molecule has 150 valence electrons. The summed E-state index contributed by atoms with van der Waals surface area (Å²) in [6.07, 6.45) is 2.75. The molecule has 27 heavy (non-hydrogen) atoms. The van der Waals surface area contributed by atoms with Gasteiger partial charge in [0, 0.05) is 23.9 Å². The molecule has 0 aliphatic rings. The predicted octanol–water partition coefficient (Wildman–Crippen LogP) is 4.58. The third-order valence-electron chi connectivity index (χ3n) is 3.62. The third-order valence-corrected chi connectivity index (χ3v) is 4.72. The van der Waals surface area contributed by atoms with Crippen LogP contribution in [-0.4, -0.2) is 30.3 Å². The zero-order chi connectivity index (χ0) is 19.0. The van der Waals surface area contributed by atoms with Crippen molar-refractivity contribution in [3.63, 3.8) is 0 Å². The fourth-order valence-electron chi connectivity index (χ4n) is 2.12. The maximum Gasteiger partial charge on any atom is 0.213 e. The van der Waals surface area contributed by atoms with Gasteiger partial charge in [-0.3, -0.25) is 4.99 Å². The Balaban J connectivity index is 0.00000364. The lowest BCUT2D eigenvalue weighted by Crippen LogP contribution is -2.37. The first kappa shape index (κ1) is 23.7. The number of halogens is 2. The van der Waals surface area contributed by atoms with Crippen LogP contribution in [0.4, 0.5) is 4.39 Å². The van der Waals surface area contributed by atoms with Crippen molar-refractivity contribution < 1.29 is 8.81 Å². The van der Waals surface area contributed by atoms with E-state index in [0.29, 0.717) is 18.4 Å². The van der Waals surface area contributed by atoms with Gasteiger partial charge in [-0.1, -0.05) is 20.8 Å². The van der Waals surface area contributed by atoms with Crippen molar-refractivity contribution in [3.05, 3.63) is 47.9 Å². The summed E-state index contributed by atoms with van der Waals surface area (Å²) in [6.45, 7) is 7.56. The van der Waals surface area contributed by atoms with E-state index in [0.717, 1.165) is 29.4 Å². The molecule has 0 atom stereocenters. The molecule has 2 rings (SSSR count). The maximum atomic E-state index is 12.9. The van der Waals surface area contributed by atoms with E-state index in [2.05, 4.69) is 41.4 Å². The molecule has 2 aromatic rings. The molecule has 0 aliphatic heterocycles. The van der Waals surface area contributed by atoms with Gasteiger partial charge in [-0.25, -0.2) is 9.37 Å². The molecule has 0 unspecified atom stereocenters. The molecule has 1 aromatic heterocycles. The van der Waals surface area contributed by atoms with Crippen LogP contribution in [0.2, 0.25) is 0 Å². The molecule has 0 saturated heterocycles. The van der Waals surface area contributed by atoms with Crippen molar-refractivity contribution in [3.8, 4) is 0 Å². The number of nitrogens with zero attached hydrogens (tertiary/aromatic N) is 2. The smallest absolute Gasteiger partial charge is 0.213 e. The minimum Gasteiger partial charge on any atom is -0.443 e. The van der Waals surface area contributed by atoms with Gasteiger partial charge in [-0.05, 0) is 36.4 Å². The van der Waals surface area contributed by atoms with Crippen LogP contribution in [0.25, 0.3) is 0 Å². The van der Waals surface area contributed by atoms with Crippen LogP contribution >= 0.6 is 35.7 Å². The van der Waals surface area contributed by atoms with Gasteiger partial charge in [0.1, 0.15) is 11.6 Å². The SMILES string of the molecule is CN=C(NCCCSc1ccc(F)cc1)NCc1ncc(C(C)(C)C)o1.I. The van der Waals surface area contributed by atoms with Gasteiger partial charge < -0.3 is 15.1 Å². The summed E-state index contributed by atoms with van der Waals surface area (Å²) in [7, 11) is 1.73. The molecule has 1 aromatic carbocycles. The molecule has 0 fully saturated rings. The molecule has 0 amide bonds. The molecular formula is C19H28FIN4OS. The molecule has 2 N–H and O–H groups in total. The Kier molecular flexibility index (Phi) is 10.1. The largest absolute Gasteiger partial charge is 0.443 e. The fourth-order valence-corrected chi connectivity index (χ4v) is 2.97. The molecule has 0 spiro atoms. The monoisotopic (exact) mass is 506 g/mol. The summed E-state index contributed by atoms with van der Waals surface area (Å²) in [5.41, 5.74) is -0.0482. The summed E-state index contributed by atoms with van der Waals surface area (Å²) in [5, 5.41) is 6.47. The average molecular weight is 506 g/mol. The Hall–Kier alpha value is -1.29. The van der Waals surface area contributed by atoms with Gasteiger partial charge in [0.05, 0.1) is 12.7 Å². The number of nitrogens with one attached hydrogen (secondary N) is 2. The first-order valence-electron chi connectivity index (χ1n) is 8.66. The van der Waals surface area contributed by atoms with Gasteiger partial charge >= 0.3 is 0 Å². The lowest BCUT2D eigenvalue weighted by molar-refractivity contribution is 0.379. The number of aromatic nitrogens is 1. The molecule has 5 nitrogen and oxygen atoms in total. The molecule has 0 radical (unpaired) electrons. The van der Waals surface area contributed by atoms with E-state index in [1.165, 1.54) is 12.1 Å². The van der Waals surface area contributed by atoms with Crippen LogP contribution in [0.1, 0.15) is 38.8 Å². The lowest BCUT2D eigenvalue weighted by Gasteiger charge is -2.13. The van der Waals surface area contributed by atoms with Crippen molar-refractivity contribution in [2.24, 2.45) is 4.99 Å². The van der Waals surface area contributed by atoms with Gasteiger partial charge in [0.15, 0.2) is 5.96 Å². The van der Waals surface area contributed by atoms with E-state index >= 15 is 0 Å². The van der Waals surface area contributed by atoms with Gasteiger partial charge in [-0.15, -0.1) is 35.7 Å². The fraction of sp³-hybridized carbons (Fsp3) is 0.474. The predicted molar refractivity (Wildman–Crippen MR) is 121 cm³/mol. The van der Waals surface area contributed by atoms with Crippen LogP contribution in [0.5, 0.6) is 0 Å². The molecule has 0 bridgehead atoms. The average Bonchev–Trinajstić information content (AvgIpc) is 3.08. The number of oxazole rings is 1. The van der Waals surface area contributed by atoms with Crippen molar-refractivity contribution in [2.45, 2.75) is 44.0 Å². The maximum absolute atomic E-state index is 12.9. The van der Waals surface area contributed by atoms with E-state index in [9.17, 15) is 4.39 Å². The van der Waals surface area contributed by atoms with E-state index < -0.39 is 0 Å². The summed E-state index contributed by atoms with van der Waals surface area (Å²) in [4.78, 5) is 9.57. The topological polar surface area (TPSA) is 62.5 Å². The zero-order valence-corrected chi connectivity index (χ0v) is 19.4. The highest BCUT2D eigenvalue weighted by atomic mass is 127. The van der Waals surface area contributed by atoms with E-state index in [1.54, 1.807) is 37.1 Å². The van der Waals surface area contributed by atoms with Gasteiger partial charge in [0.2, 0.25) is 5.89 Å². The number of aliphatic imine (C=N–C) groups is 1. The number of guanidine groups is 1. The Morgan fingerprint density at radius 3 is 2.52 bits per heavy atom. The van der Waals surface area contributed by atoms with Crippen LogP contribution in [0.3, 0.4) is 0 Å². The van der Waals surface area contributed by atoms with Gasteiger partial charge in [-0.2, -0.15) is 0 Å². The lowest BCUT2D eigenvalue weighted by atomic mass is 9.94. The first-order valence-corrected chi connectivity index (χ1v) is 9.65. The summed E-state index contributed by atoms with van der Waals surface area (Å²) in [5.74, 6) is 2.98. The second kappa shape index (κ2) is 11.5. The molecular weight excluding hydrogens is 478 g/mol.